The normalized spacial score (nSPS) is 24.5. The Morgan fingerprint density at radius 1 is 1.42 bits per heavy atom. The van der Waals surface area contributed by atoms with E-state index in [4.69, 9.17) is 11.6 Å². The van der Waals surface area contributed by atoms with Crippen molar-refractivity contribution in [2.45, 2.75) is 43.2 Å². The van der Waals surface area contributed by atoms with Crippen LogP contribution in [0.25, 0.3) is 0 Å². The molecule has 1 fully saturated rings. The van der Waals surface area contributed by atoms with Gasteiger partial charge in [0.15, 0.2) is 8.68 Å². The summed E-state index contributed by atoms with van der Waals surface area (Å²) in [6.07, 6.45) is 7.18. The van der Waals surface area contributed by atoms with E-state index in [2.05, 4.69) is 16.6 Å². The topological polar surface area (TPSA) is 59.1 Å². The highest BCUT2D eigenvalue weighted by Gasteiger charge is 2.20. The molecule has 1 aliphatic rings. The number of nitrogens with zero attached hydrogens (tertiary/aromatic N) is 1. The first-order valence-corrected chi connectivity index (χ1v) is 9.26. The minimum Gasteiger partial charge on any atom is -0.232 e. The van der Waals surface area contributed by atoms with Crippen LogP contribution in [0.1, 0.15) is 39.0 Å². The molecular formula is C12H19ClN2O2S2. The minimum atomic E-state index is -3.43. The van der Waals surface area contributed by atoms with Crippen LogP contribution < -0.4 is 4.72 Å². The molecule has 0 radical (unpaired) electrons. The van der Waals surface area contributed by atoms with Crippen LogP contribution in [-0.2, 0) is 10.0 Å². The number of sulfonamides is 1. The first kappa shape index (κ1) is 15.2. The maximum atomic E-state index is 11.9. The third-order valence-electron chi connectivity index (χ3n) is 3.70. The van der Waals surface area contributed by atoms with Gasteiger partial charge in [-0.2, -0.15) is 0 Å². The Labute approximate surface area is 123 Å². The van der Waals surface area contributed by atoms with Crippen LogP contribution in [0.3, 0.4) is 0 Å². The molecule has 0 spiro atoms. The SMILES string of the molecule is CC1CCC(CCNS(=O)(=O)c2cnc(Cl)s2)CC1. The van der Waals surface area contributed by atoms with Crippen LogP contribution in [0.4, 0.5) is 0 Å². The predicted octanol–water partition coefficient (Wildman–Crippen LogP) is 3.29. The van der Waals surface area contributed by atoms with Gasteiger partial charge in [-0.25, -0.2) is 18.1 Å². The van der Waals surface area contributed by atoms with E-state index in [-0.39, 0.29) is 8.68 Å². The second-order valence-electron chi connectivity index (χ2n) is 5.24. The lowest BCUT2D eigenvalue weighted by molar-refractivity contribution is 0.278. The van der Waals surface area contributed by atoms with Crippen LogP contribution >= 0.6 is 22.9 Å². The van der Waals surface area contributed by atoms with Gasteiger partial charge in [0.2, 0.25) is 0 Å². The molecule has 0 atom stereocenters. The van der Waals surface area contributed by atoms with Gasteiger partial charge in [-0.3, -0.25) is 0 Å². The van der Waals surface area contributed by atoms with Gasteiger partial charge in [-0.15, -0.1) is 0 Å². The molecule has 19 heavy (non-hydrogen) atoms. The lowest BCUT2D eigenvalue weighted by Gasteiger charge is -2.25. The number of halogens is 1. The van der Waals surface area contributed by atoms with Crippen LogP contribution in [0.5, 0.6) is 0 Å². The molecule has 1 saturated carbocycles. The third kappa shape index (κ3) is 4.41. The summed E-state index contributed by atoms with van der Waals surface area (Å²) in [5.41, 5.74) is 0. The van der Waals surface area contributed by atoms with E-state index in [1.165, 1.54) is 31.9 Å². The quantitative estimate of drug-likeness (QED) is 0.905. The second kappa shape index (κ2) is 6.52. The van der Waals surface area contributed by atoms with Crippen molar-refractivity contribution in [1.29, 1.82) is 0 Å². The van der Waals surface area contributed by atoms with Crippen molar-refractivity contribution in [3.05, 3.63) is 10.7 Å². The predicted molar refractivity (Wildman–Crippen MR) is 78.1 cm³/mol. The van der Waals surface area contributed by atoms with Crippen molar-refractivity contribution in [2.75, 3.05) is 6.54 Å². The van der Waals surface area contributed by atoms with Crippen molar-refractivity contribution in [1.82, 2.24) is 9.71 Å². The van der Waals surface area contributed by atoms with Gasteiger partial charge in [-0.05, 0) is 18.3 Å². The van der Waals surface area contributed by atoms with E-state index in [1.807, 2.05) is 0 Å². The Morgan fingerprint density at radius 3 is 2.68 bits per heavy atom. The minimum absolute atomic E-state index is 0.190. The second-order valence-corrected chi connectivity index (χ2v) is 8.85. The van der Waals surface area contributed by atoms with E-state index >= 15 is 0 Å². The first-order chi connectivity index (χ1) is 8.97. The third-order valence-corrected chi connectivity index (χ3v) is 6.74. The monoisotopic (exact) mass is 322 g/mol. The Bertz CT molecular complexity index is 508. The van der Waals surface area contributed by atoms with Crippen molar-refractivity contribution in [3.63, 3.8) is 0 Å². The molecule has 1 aromatic rings. The lowest BCUT2D eigenvalue weighted by Crippen LogP contribution is -2.26. The summed E-state index contributed by atoms with van der Waals surface area (Å²) in [4.78, 5) is 3.75. The summed E-state index contributed by atoms with van der Waals surface area (Å²) >= 11 is 6.64. The van der Waals surface area contributed by atoms with E-state index in [9.17, 15) is 8.42 Å². The molecule has 1 N–H and O–H groups in total. The van der Waals surface area contributed by atoms with Crippen LogP contribution in [0.15, 0.2) is 10.4 Å². The Balaban J connectivity index is 1.79. The molecule has 1 heterocycles. The van der Waals surface area contributed by atoms with Gasteiger partial charge in [0.1, 0.15) is 0 Å². The van der Waals surface area contributed by atoms with Crippen molar-refractivity contribution in [2.24, 2.45) is 11.8 Å². The van der Waals surface area contributed by atoms with Gasteiger partial charge in [-0.1, -0.05) is 55.5 Å². The van der Waals surface area contributed by atoms with Gasteiger partial charge in [0, 0.05) is 6.54 Å². The molecular weight excluding hydrogens is 304 g/mol. The van der Waals surface area contributed by atoms with Crippen LogP contribution in [0.2, 0.25) is 4.47 Å². The molecule has 7 heteroatoms. The Morgan fingerprint density at radius 2 is 2.11 bits per heavy atom. The summed E-state index contributed by atoms with van der Waals surface area (Å²) in [6.45, 7) is 2.78. The molecule has 108 valence electrons. The molecule has 1 aliphatic carbocycles. The standard InChI is InChI=1S/C12H19ClN2O2S2/c1-9-2-4-10(5-3-9)6-7-15-19(16,17)11-8-14-12(13)18-11/h8-10,15H,2-7H2,1H3. The summed E-state index contributed by atoms with van der Waals surface area (Å²) in [6, 6.07) is 0. The van der Waals surface area contributed by atoms with Crippen LogP contribution in [0, 0.1) is 11.8 Å². The molecule has 1 aromatic heterocycles. The number of aromatic nitrogens is 1. The zero-order chi connectivity index (χ0) is 13.9. The highest BCUT2D eigenvalue weighted by atomic mass is 35.5. The molecule has 0 aromatic carbocycles. The molecule has 0 bridgehead atoms. The Hall–Kier alpha value is -0.170. The zero-order valence-electron chi connectivity index (χ0n) is 10.9. The van der Waals surface area contributed by atoms with Gasteiger partial charge in [0.05, 0.1) is 6.20 Å². The molecule has 0 unspecified atom stereocenters. The fourth-order valence-corrected chi connectivity index (χ4v) is 4.83. The summed E-state index contributed by atoms with van der Waals surface area (Å²) < 4.78 is 27.0. The Kier molecular flexibility index (Phi) is 5.22. The van der Waals surface area contributed by atoms with Gasteiger partial charge < -0.3 is 0 Å². The highest BCUT2D eigenvalue weighted by Crippen LogP contribution is 2.30. The summed E-state index contributed by atoms with van der Waals surface area (Å²) in [5.74, 6) is 1.48. The van der Waals surface area contributed by atoms with Gasteiger partial charge in [0.25, 0.3) is 10.0 Å². The highest BCUT2D eigenvalue weighted by molar-refractivity contribution is 7.91. The average molecular weight is 323 g/mol. The maximum Gasteiger partial charge on any atom is 0.251 e. The van der Waals surface area contributed by atoms with Crippen LogP contribution in [-0.4, -0.2) is 19.9 Å². The number of hydrogen-bond donors (Lipinski definition) is 1. The van der Waals surface area contributed by atoms with Crippen molar-refractivity contribution >= 4 is 33.0 Å². The summed E-state index contributed by atoms with van der Waals surface area (Å²) in [7, 11) is -3.43. The number of thiazole rings is 1. The molecule has 4 nitrogen and oxygen atoms in total. The number of rotatable bonds is 5. The number of hydrogen-bond acceptors (Lipinski definition) is 4. The number of nitrogens with one attached hydrogen (secondary N) is 1. The fourth-order valence-electron chi connectivity index (χ4n) is 2.45. The van der Waals surface area contributed by atoms with E-state index < -0.39 is 10.0 Å². The largest absolute Gasteiger partial charge is 0.251 e. The first-order valence-electron chi connectivity index (χ1n) is 6.58. The summed E-state index contributed by atoms with van der Waals surface area (Å²) in [5, 5.41) is 0. The lowest BCUT2D eigenvalue weighted by atomic mass is 9.81. The molecule has 0 saturated heterocycles. The molecule has 0 aliphatic heterocycles. The smallest absolute Gasteiger partial charge is 0.232 e. The fraction of sp³-hybridized carbons (Fsp3) is 0.750. The van der Waals surface area contributed by atoms with E-state index in [1.54, 1.807) is 0 Å². The molecule has 0 amide bonds. The zero-order valence-corrected chi connectivity index (χ0v) is 13.3. The van der Waals surface area contributed by atoms with E-state index in [0.717, 1.165) is 23.7 Å². The van der Waals surface area contributed by atoms with Crippen molar-refractivity contribution < 1.29 is 8.42 Å². The van der Waals surface area contributed by atoms with Gasteiger partial charge >= 0.3 is 0 Å². The average Bonchev–Trinajstić information content (AvgIpc) is 2.79. The van der Waals surface area contributed by atoms with E-state index in [0.29, 0.717) is 12.5 Å². The maximum absolute atomic E-state index is 11.9. The van der Waals surface area contributed by atoms with Crippen molar-refractivity contribution in [3.8, 4) is 0 Å². The molecule has 2 rings (SSSR count).